The maximum atomic E-state index is 12.5. The molecule has 0 saturated carbocycles. The number of pyridine rings is 1. The second kappa shape index (κ2) is 8.03. The lowest BCUT2D eigenvalue weighted by Gasteiger charge is -2.17. The minimum atomic E-state index is -0.479. The number of rotatable bonds is 5. The smallest absolute Gasteiger partial charge is 0.341 e. The van der Waals surface area contributed by atoms with Crippen LogP contribution >= 0.6 is 23.2 Å². The maximum absolute atomic E-state index is 12.5. The molecule has 0 saturated heterocycles. The molecule has 140 valence electrons. The molecular formula is C20H18Cl2N2O3. The number of anilines is 2. The van der Waals surface area contributed by atoms with Crippen molar-refractivity contribution >= 4 is 51.4 Å². The first kappa shape index (κ1) is 19.3. The monoisotopic (exact) mass is 404 g/mol. The zero-order valence-corrected chi connectivity index (χ0v) is 16.6. The van der Waals surface area contributed by atoms with E-state index in [9.17, 15) is 4.79 Å². The van der Waals surface area contributed by atoms with Crippen molar-refractivity contribution in [2.45, 2.75) is 13.8 Å². The van der Waals surface area contributed by atoms with E-state index in [1.165, 1.54) is 6.20 Å². The fourth-order valence-electron chi connectivity index (χ4n) is 2.85. The number of benzene rings is 2. The quantitative estimate of drug-likeness (QED) is 0.546. The van der Waals surface area contributed by atoms with Gasteiger partial charge in [0.05, 0.1) is 30.6 Å². The molecule has 3 aromatic rings. The number of nitrogens with zero attached hydrogens (tertiary/aromatic N) is 1. The van der Waals surface area contributed by atoms with Crippen molar-refractivity contribution < 1.29 is 14.3 Å². The van der Waals surface area contributed by atoms with Crippen LogP contribution in [-0.4, -0.2) is 24.7 Å². The molecule has 1 heterocycles. The van der Waals surface area contributed by atoms with E-state index in [1.807, 2.05) is 13.0 Å². The largest absolute Gasteiger partial charge is 0.495 e. The summed E-state index contributed by atoms with van der Waals surface area (Å²) in [6, 6.07) is 8.78. The summed E-state index contributed by atoms with van der Waals surface area (Å²) in [6.07, 6.45) is 1.50. The van der Waals surface area contributed by atoms with Gasteiger partial charge in [-0.05, 0) is 49.7 Å². The van der Waals surface area contributed by atoms with Gasteiger partial charge in [-0.25, -0.2) is 4.79 Å². The van der Waals surface area contributed by atoms with Gasteiger partial charge in [-0.2, -0.15) is 0 Å². The van der Waals surface area contributed by atoms with Crippen LogP contribution in [0, 0.1) is 6.92 Å². The molecule has 2 aromatic carbocycles. The van der Waals surface area contributed by atoms with Gasteiger partial charge in [0.15, 0.2) is 0 Å². The highest BCUT2D eigenvalue weighted by Gasteiger charge is 2.19. The first-order chi connectivity index (χ1) is 12.9. The van der Waals surface area contributed by atoms with Crippen LogP contribution in [0.15, 0.2) is 36.5 Å². The molecule has 27 heavy (non-hydrogen) atoms. The SMILES string of the molecule is CCOC(=O)c1cnc2c(C)cc(Cl)cc2c1Nc1cc(Cl)ccc1OC. The van der Waals surface area contributed by atoms with E-state index in [-0.39, 0.29) is 6.61 Å². The lowest BCUT2D eigenvalue weighted by Crippen LogP contribution is -2.10. The zero-order chi connectivity index (χ0) is 19.6. The number of hydrogen-bond donors (Lipinski definition) is 1. The van der Waals surface area contributed by atoms with E-state index in [0.29, 0.717) is 38.1 Å². The van der Waals surface area contributed by atoms with Gasteiger partial charge in [0, 0.05) is 21.6 Å². The number of hydrogen-bond acceptors (Lipinski definition) is 5. The number of halogens is 2. The van der Waals surface area contributed by atoms with Crippen LogP contribution in [0.1, 0.15) is 22.8 Å². The first-order valence-electron chi connectivity index (χ1n) is 8.31. The van der Waals surface area contributed by atoms with Gasteiger partial charge in [-0.3, -0.25) is 4.98 Å². The molecule has 0 aliphatic carbocycles. The molecule has 0 aliphatic heterocycles. The summed E-state index contributed by atoms with van der Waals surface area (Å²) in [5.41, 5.74) is 3.07. The molecule has 0 aliphatic rings. The third-order valence-electron chi connectivity index (χ3n) is 4.04. The Morgan fingerprint density at radius 2 is 1.96 bits per heavy atom. The van der Waals surface area contributed by atoms with Gasteiger partial charge in [0.2, 0.25) is 0 Å². The number of ether oxygens (including phenoxy) is 2. The van der Waals surface area contributed by atoms with Crippen molar-refractivity contribution in [3.63, 3.8) is 0 Å². The third-order valence-corrected chi connectivity index (χ3v) is 4.50. The number of nitrogens with one attached hydrogen (secondary N) is 1. The van der Waals surface area contributed by atoms with E-state index < -0.39 is 5.97 Å². The van der Waals surface area contributed by atoms with Gasteiger partial charge >= 0.3 is 5.97 Å². The van der Waals surface area contributed by atoms with Crippen molar-refractivity contribution in [1.82, 2.24) is 4.98 Å². The molecule has 0 unspecified atom stereocenters. The average Bonchev–Trinajstić information content (AvgIpc) is 2.62. The average molecular weight is 405 g/mol. The number of aryl methyl sites for hydroxylation is 1. The summed E-state index contributed by atoms with van der Waals surface area (Å²) < 4.78 is 10.6. The maximum Gasteiger partial charge on any atom is 0.341 e. The van der Waals surface area contributed by atoms with Crippen LogP contribution in [0.2, 0.25) is 10.0 Å². The second-order valence-corrected chi connectivity index (χ2v) is 6.73. The number of methoxy groups -OCH3 is 1. The number of carbonyl (C=O) groups is 1. The van der Waals surface area contributed by atoms with E-state index in [2.05, 4.69) is 10.3 Å². The highest BCUT2D eigenvalue weighted by Crippen LogP contribution is 2.36. The predicted octanol–water partition coefficient (Wildman–Crippen LogP) is 5.78. The molecule has 7 heteroatoms. The molecule has 1 aromatic heterocycles. The third kappa shape index (κ3) is 3.94. The zero-order valence-electron chi connectivity index (χ0n) is 15.1. The van der Waals surface area contributed by atoms with Crippen LogP contribution in [0.4, 0.5) is 11.4 Å². The van der Waals surface area contributed by atoms with Crippen LogP contribution in [0.25, 0.3) is 10.9 Å². The fourth-order valence-corrected chi connectivity index (χ4v) is 3.29. The number of carbonyl (C=O) groups excluding carboxylic acids is 1. The van der Waals surface area contributed by atoms with Gasteiger partial charge in [0.25, 0.3) is 0 Å². The normalized spacial score (nSPS) is 10.7. The Kier molecular flexibility index (Phi) is 5.73. The highest BCUT2D eigenvalue weighted by atomic mass is 35.5. The van der Waals surface area contributed by atoms with E-state index in [4.69, 9.17) is 32.7 Å². The number of esters is 1. The van der Waals surface area contributed by atoms with Crippen molar-refractivity contribution in [2.24, 2.45) is 0 Å². The predicted molar refractivity (Wildman–Crippen MR) is 109 cm³/mol. The summed E-state index contributed by atoms with van der Waals surface area (Å²) in [7, 11) is 1.56. The molecule has 1 N–H and O–H groups in total. The van der Waals surface area contributed by atoms with Gasteiger partial charge in [-0.15, -0.1) is 0 Å². The molecular weight excluding hydrogens is 387 g/mol. The molecule has 0 amide bonds. The Morgan fingerprint density at radius 1 is 1.19 bits per heavy atom. The first-order valence-corrected chi connectivity index (χ1v) is 9.06. The molecule has 0 spiro atoms. The van der Waals surface area contributed by atoms with Crippen LogP contribution in [0.5, 0.6) is 5.75 Å². The van der Waals surface area contributed by atoms with Crippen molar-refractivity contribution in [3.05, 3.63) is 57.7 Å². The van der Waals surface area contributed by atoms with Crippen molar-refractivity contribution in [3.8, 4) is 5.75 Å². The number of aromatic nitrogens is 1. The Balaban J connectivity index is 2.26. The Labute approximate surface area is 167 Å². The number of fused-ring (bicyclic) bond motifs is 1. The summed E-state index contributed by atoms with van der Waals surface area (Å²) in [5.74, 6) is 0.103. The fraction of sp³-hybridized carbons (Fsp3) is 0.200. The topological polar surface area (TPSA) is 60.5 Å². The summed E-state index contributed by atoms with van der Waals surface area (Å²) >= 11 is 12.4. The van der Waals surface area contributed by atoms with E-state index in [0.717, 1.165) is 11.1 Å². The molecule has 0 atom stereocenters. The van der Waals surface area contributed by atoms with Crippen molar-refractivity contribution in [2.75, 3.05) is 19.0 Å². The second-order valence-electron chi connectivity index (χ2n) is 5.86. The van der Waals surface area contributed by atoms with Gasteiger partial charge < -0.3 is 14.8 Å². The van der Waals surface area contributed by atoms with Crippen LogP contribution < -0.4 is 10.1 Å². The standard InChI is InChI=1S/C20H18Cl2N2O3/c1-4-27-20(25)15-10-23-18-11(2)7-13(22)8-14(18)19(15)24-16-9-12(21)5-6-17(16)26-3/h5-10H,4H2,1-3H3,(H,23,24). The van der Waals surface area contributed by atoms with E-state index in [1.54, 1.807) is 38.3 Å². The lowest BCUT2D eigenvalue weighted by atomic mass is 10.1. The molecule has 0 bridgehead atoms. The summed E-state index contributed by atoms with van der Waals surface area (Å²) in [6.45, 7) is 3.92. The van der Waals surface area contributed by atoms with Gasteiger partial charge in [0.1, 0.15) is 11.3 Å². The van der Waals surface area contributed by atoms with Crippen LogP contribution in [0.3, 0.4) is 0 Å². The Bertz CT molecular complexity index is 1020. The lowest BCUT2D eigenvalue weighted by molar-refractivity contribution is 0.0527. The Hall–Kier alpha value is -2.50. The molecule has 0 radical (unpaired) electrons. The van der Waals surface area contributed by atoms with E-state index >= 15 is 0 Å². The Morgan fingerprint density at radius 3 is 2.67 bits per heavy atom. The minimum absolute atomic E-state index is 0.255. The van der Waals surface area contributed by atoms with Gasteiger partial charge in [-0.1, -0.05) is 23.2 Å². The molecule has 5 nitrogen and oxygen atoms in total. The highest BCUT2D eigenvalue weighted by molar-refractivity contribution is 6.32. The van der Waals surface area contributed by atoms with Crippen molar-refractivity contribution in [1.29, 1.82) is 0 Å². The molecule has 0 fully saturated rings. The van der Waals surface area contributed by atoms with Crippen LogP contribution in [-0.2, 0) is 4.74 Å². The molecule has 3 rings (SSSR count). The summed E-state index contributed by atoms with van der Waals surface area (Å²) in [4.78, 5) is 16.9. The minimum Gasteiger partial charge on any atom is -0.495 e. The summed E-state index contributed by atoms with van der Waals surface area (Å²) in [5, 5.41) is 5.04.